The van der Waals surface area contributed by atoms with Crippen LogP contribution in [0, 0.1) is 0 Å². The van der Waals surface area contributed by atoms with Crippen molar-refractivity contribution in [3.05, 3.63) is 35.9 Å². The van der Waals surface area contributed by atoms with Gasteiger partial charge in [0.25, 0.3) is 0 Å². The van der Waals surface area contributed by atoms with Crippen LogP contribution >= 0.6 is 0 Å². The minimum absolute atomic E-state index is 0.114. The van der Waals surface area contributed by atoms with E-state index in [-0.39, 0.29) is 18.0 Å². The summed E-state index contributed by atoms with van der Waals surface area (Å²) < 4.78 is 0. The van der Waals surface area contributed by atoms with Crippen molar-refractivity contribution in [2.75, 3.05) is 6.54 Å². The number of carbonyl (C=O) groups is 1. The third-order valence-corrected chi connectivity index (χ3v) is 3.64. The van der Waals surface area contributed by atoms with Gasteiger partial charge in [-0.2, -0.15) is 0 Å². The normalized spacial score (nSPS) is 21.0. The monoisotopic (exact) mass is 246 g/mol. The van der Waals surface area contributed by atoms with E-state index >= 15 is 0 Å². The van der Waals surface area contributed by atoms with E-state index in [9.17, 15) is 4.79 Å². The number of carbonyl (C=O) groups excluding carboxylic acids is 1. The maximum Gasteiger partial charge on any atom is 0.239 e. The Balaban J connectivity index is 2.10. The molecule has 1 heterocycles. The van der Waals surface area contributed by atoms with Crippen molar-refractivity contribution < 1.29 is 4.79 Å². The fourth-order valence-electron chi connectivity index (χ4n) is 2.70. The zero-order valence-corrected chi connectivity index (χ0v) is 11.0. The first-order valence-corrected chi connectivity index (χ1v) is 6.85. The number of rotatable bonds is 4. The van der Waals surface area contributed by atoms with Gasteiger partial charge in [0.05, 0.1) is 12.1 Å². The van der Waals surface area contributed by atoms with Crippen LogP contribution in [-0.2, 0) is 4.79 Å². The Morgan fingerprint density at radius 2 is 2.17 bits per heavy atom. The Hall–Kier alpha value is -1.35. The number of hydrogen-bond acceptors (Lipinski definition) is 2. The molecule has 0 aromatic heterocycles. The Bertz CT molecular complexity index is 391. The van der Waals surface area contributed by atoms with Gasteiger partial charge in [-0.25, -0.2) is 0 Å². The number of likely N-dealkylation sites (tertiary alicyclic amines) is 1. The van der Waals surface area contributed by atoms with Crippen LogP contribution in [0.15, 0.2) is 30.3 Å². The summed E-state index contributed by atoms with van der Waals surface area (Å²) in [6, 6.07) is 10.2. The predicted octanol–water partition coefficient (Wildman–Crippen LogP) is 2.48. The van der Waals surface area contributed by atoms with Crippen LogP contribution in [0.4, 0.5) is 0 Å². The first-order chi connectivity index (χ1) is 8.74. The van der Waals surface area contributed by atoms with Crippen molar-refractivity contribution in [3.63, 3.8) is 0 Å². The van der Waals surface area contributed by atoms with Gasteiger partial charge in [0, 0.05) is 6.54 Å². The molecule has 1 aliphatic rings. The average Bonchev–Trinajstić information content (AvgIpc) is 2.88. The first-order valence-electron chi connectivity index (χ1n) is 6.85. The Morgan fingerprint density at radius 3 is 2.83 bits per heavy atom. The summed E-state index contributed by atoms with van der Waals surface area (Å²) in [5.41, 5.74) is 7.19. The number of benzene rings is 1. The van der Waals surface area contributed by atoms with Crippen LogP contribution in [0.25, 0.3) is 0 Å². The smallest absolute Gasteiger partial charge is 0.239 e. The van der Waals surface area contributed by atoms with Gasteiger partial charge in [0.2, 0.25) is 5.91 Å². The second kappa shape index (κ2) is 6.01. The minimum Gasteiger partial charge on any atom is -0.334 e. The van der Waals surface area contributed by atoms with E-state index in [2.05, 4.69) is 19.1 Å². The fraction of sp³-hybridized carbons (Fsp3) is 0.533. The highest BCUT2D eigenvalue weighted by Crippen LogP contribution is 2.32. The van der Waals surface area contributed by atoms with Crippen molar-refractivity contribution >= 4 is 5.91 Å². The van der Waals surface area contributed by atoms with E-state index in [1.54, 1.807) is 0 Å². The van der Waals surface area contributed by atoms with Crippen molar-refractivity contribution in [1.29, 1.82) is 0 Å². The van der Waals surface area contributed by atoms with Crippen LogP contribution in [0.1, 0.15) is 44.2 Å². The van der Waals surface area contributed by atoms with Crippen LogP contribution < -0.4 is 5.73 Å². The molecule has 1 unspecified atom stereocenters. The fourth-order valence-corrected chi connectivity index (χ4v) is 2.70. The van der Waals surface area contributed by atoms with E-state index in [0.717, 1.165) is 32.2 Å². The van der Waals surface area contributed by atoms with E-state index < -0.39 is 0 Å². The van der Waals surface area contributed by atoms with E-state index in [1.165, 1.54) is 5.56 Å². The first kappa shape index (κ1) is 13.1. The van der Waals surface area contributed by atoms with Gasteiger partial charge in [0.15, 0.2) is 0 Å². The molecule has 0 spiro atoms. The zero-order valence-electron chi connectivity index (χ0n) is 11.0. The Labute approximate surface area is 109 Å². The van der Waals surface area contributed by atoms with E-state index in [1.807, 2.05) is 23.1 Å². The van der Waals surface area contributed by atoms with Gasteiger partial charge >= 0.3 is 0 Å². The molecule has 1 amide bonds. The summed E-state index contributed by atoms with van der Waals surface area (Å²) in [6.07, 6.45) is 3.85. The quantitative estimate of drug-likeness (QED) is 0.887. The molecule has 0 radical (unpaired) electrons. The molecule has 1 fully saturated rings. The number of nitrogens with zero attached hydrogens (tertiary/aromatic N) is 1. The Kier molecular flexibility index (Phi) is 4.37. The molecule has 2 N–H and O–H groups in total. The van der Waals surface area contributed by atoms with Gasteiger partial charge in [-0.1, -0.05) is 43.7 Å². The zero-order chi connectivity index (χ0) is 13.0. The van der Waals surface area contributed by atoms with Crippen molar-refractivity contribution in [2.24, 2.45) is 5.73 Å². The lowest BCUT2D eigenvalue weighted by Crippen LogP contribution is -2.43. The molecule has 98 valence electrons. The van der Waals surface area contributed by atoms with Crippen LogP contribution in [0.5, 0.6) is 0 Å². The molecule has 3 nitrogen and oxygen atoms in total. The lowest BCUT2D eigenvalue weighted by atomic mass is 10.0. The second-order valence-corrected chi connectivity index (χ2v) is 5.00. The third kappa shape index (κ3) is 2.72. The molecular weight excluding hydrogens is 224 g/mol. The molecule has 1 saturated heterocycles. The van der Waals surface area contributed by atoms with E-state index in [4.69, 9.17) is 5.73 Å². The molecule has 2 rings (SSSR count). The Morgan fingerprint density at radius 1 is 1.44 bits per heavy atom. The van der Waals surface area contributed by atoms with Gasteiger partial charge in [-0.15, -0.1) is 0 Å². The molecule has 0 bridgehead atoms. The maximum absolute atomic E-state index is 12.3. The molecule has 0 aliphatic carbocycles. The summed E-state index contributed by atoms with van der Waals surface area (Å²) in [5, 5.41) is 0. The van der Waals surface area contributed by atoms with Gasteiger partial charge < -0.3 is 10.6 Å². The summed E-state index contributed by atoms with van der Waals surface area (Å²) in [4.78, 5) is 14.3. The highest BCUT2D eigenvalue weighted by atomic mass is 16.2. The summed E-state index contributed by atoms with van der Waals surface area (Å²) >= 11 is 0. The van der Waals surface area contributed by atoms with Gasteiger partial charge in [0.1, 0.15) is 0 Å². The van der Waals surface area contributed by atoms with Gasteiger partial charge in [-0.05, 0) is 24.8 Å². The molecule has 1 aliphatic heterocycles. The standard InChI is InChI=1S/C15H22N2O/c1-2-7-13(16)15(18)17-11-6-10-14(17)12-8-4-3-5-9-12/h3-5,8-9,13-14H,2,6-7,10-11,16H2,1H3/t13-,14?/m1/s1. The highest BCUT2D eigenvalue weighted by molar-refractivity contribution is 5.82. The molecule has 2 atom stereocenters. The lowest BCUT2D eigenvalue weighted by molar-refractivity contribution is -0.133. The van der Waals surface area contributed by atoms with Crippen molar-refractivity contribution in [3.8, 4) is 0 Å². The summed E-state index contributed by atoms with van der Waals surface area (Å²) in [5.74, 6) is 0.114. The topological polar surface area (TPSA) is 46.3 Å². The van der Waals surface area contributed by atoms with Crippen LogP contribution in [0.3, 0.4) is 0 Å². The average molecular weight is 246 g/mol. The van der Waals surface area contributed by atoms with Crippen LogP contribution in [-0.4, -0.2) is 23.4 Å². The molecule has 1 aromatic rings. The molecule has 1 aromatic carbocycles. The molecule has 18 heavy (non-hydrogen) atoms. The van der Waals surface area contributed by atoms with Gasteiger partial charge in [-0.3, -0.25) is 4.79 Å². The number of hydrogen-bond donors (Lipinski definition) is 1. The number of nitrogens with two attached hydrogens (primary N) is 1. The summed E-state index contributed by atoms with van der Waals surface area (Å²) in [6.45, 7) is 2.90. The molecular formula is C15H22N2O. The van der Waals surface area contributed by atoms with E-state index in [0.29, 0.717) is 0 Å². The predicted molar refractivity (Wildman–Crippen MR) is 73.0 cm³/mol. The number of amides is 1. The maximum atomic E-state index is 12.3. The second-order valence-electron chi connectivity index (χ2n) is 5.00. The molecule has 3 heteroatoms. The van der Waals surface area contributed by atoms with Crippen molar-refractivity contribution in [1.82, 2.24) is 4.90 Å². The van der Waals surface area contributed by atoms with Crippen molar-refractivity contribution in [2.45, 2.75) is 44.7 Å². The largest absolute Gasteiger partial charge is 0.334 e. The lowest BCUT2D eigenvalue weighted by Gasteiger charge is -2.27. The highest BCUT2D eigenvalue weighted by Gasteiger charge is 2.31. The summed E-state index contributed by atoms with van der Waals surface area (Å²) in [7, 11) is 0. The minimum atomic E-state index is -0.334. The molecule has 0 saturated carbocycles. The SMILES string of the molecule is CCC[C@@H](N)C(=O)N1CCCC1c1ccccc1. The van der Waals surface area contributed by atoms with Crippen LogP contribution in [0.2, 0.25) is 0 Å². The third-order valence-electron chi connectivity index (χ3n) is 3.64.